The Morgan fingerprint density at radius 2 is 1.83 bits per heavy atom. The molecule has 3 aromatic rings. The summed E-state index contributed by atoms with van der Waals surface area (Å²) < 4.78 is 7.44. The van der Waals surface area contributed by atoms with E-state index in [-0.39, 0.29) is 5.91 Å². The molecule has 0 saturated carbocycles. The van der Waals surface area contributed by atoms with Crippen LogP contribution in [0.4, 0.5) is 16.2 Å². The van der Waals surface area contributed by atoms with E-state index in [0.29, 0.717) is 25.2 Å². The fourth-order valence-corrected chi connectivity index (χ4v) is 4.31. The molecule has 8 heteroatoms. The van der Waals surface area contributed by atoms with Crippen LogP contribution >= 0.6 is 0 Å². The molecule has 2 N–H and O–H groups in total. The summed E-state index contributed by atoms with van der Waals surface area (Å²) >= 11 is 0. The number of rotatable bonds is 5. The number of ether oxygens (including phenoxy) is 1. The normalized spacial score (nSPS) is 15.6. The number of carbonyl (C=O) groups excluding carboxylic acids is 2. The number of anilines is 2. The molecule has 0 bridgehead atoms. The molecule has 0 spiro atoms. The van der Waals surface area contributed by atoms with E-state index in [4.69, 9.17) is 9.72 Å². The first kappa shape index (κ1) is 24.6. The van der Waals surface area contributed by atoms with Gasteiger partial charge in [-0.15, -0.1) is 0 Å². The molecule has 8 nitrogen and oxygen atoms in total. The number of hydrogen-bond acceptors (Lipinski definition) is 5. The van der Waals surface area contributed by atoms with E-state index < -0.39 is 17.7 Å². The number of aromatic nitrogens is 2. The molecule has 2 amide bonds. The third-order valence-corrected chi connectivity index (χ3v) is 6.51. The Morgan fingerprint density at radius 3 is 2.43 bits per heavy atom. The highest BCUT2D eigenvalue weighted by Gasteiger charge is 2.40. The lowest BCUT2D eigenvalue weighted by molar-refractivity contribution is -0.125. The van der Waals surface area contributed by atoms with Crippen LogP contribution in [0.1, 0.15) is 55.3 Å². The van der Waals surface area contributed by atoms with Crippen LogP contribution in [0.25, 0.3) is 5.65 Å². The van der Waals surface area contributed by atoms with Crippen molar-refractivity contribution in [3.63, 3.8) is 0 Å². The Balaban J connectivity index is 1.57. The van der Waals surface area contributed by atoms with E-state index in [1.54, 1.807) is 0 Å². The molecule has 1 atom stereocenters. The number of benzene rings is 1. The smallest absolute Gasteiger partial charge is 0.410 e. The van der Waals surface area contributed by atoms with Gasteiger partial charge in [-0.25, -0.2) is 9.78 Å². The summed E-state index contributed by atoms with van der Waals surface area (Å²) in [5, 5.41) is 6.54. The molecule has 1 saturated heterocycles. The maximum absolute atomic E-state index is 13.1. The fourth-order valence-electron chi connectivity index (χ4n) is 4.31. The maximum atomic E-state index is 13.1. The molecule has 35 heavy (non-hydrogen) atoms. The molecule has 1 aliphatic rings. The summed E-state index contributed by atoms with van der Waals surface area (Å²) in [6.45, 7) is 14.8. The molecule has 3 heterocycles. The number of amides is 2. The molecule has 0 unspecified atom stereocenters. The zero-order valence-electron chi connectivity index (χ0n) is 21.7. The third kappa shape index (κ3) is 5.11. The molecule has 1 fully saturated rings. The van der Waals surface area contributed by atoms with Crippen LogP contribution in [0.5, 0.6) is 0 Å². The van der Waals surface area contributed by atoms with Crippen molar-refractivity contribution in [2.75, 3.05) is 17.2 Å². The van der Waals surface area contributed by atoms with Crippen LogP contribution in [0.15, 0.2) is 30.5 Å². The minimum atomic E-state index is -0.606. The van der Waals surface area contributed by atoms with Crippen molar-refractivity contribution in [1.82, 2.24) is 14.3 Å². The van der Waals surface area contributed by atoms with Crippen LogP contribution in [0.2, 0.25) is 0 Å². The van der Waals surface area contributed by atoms with Crippen molar-refractivity contribution in [2.45, 2.75) is 73.1 Å². The van der Waals surface area contributed by atoms with Crippen molar-refractivity contribution in [1.29, 1.82) is 0 Å². The van der Waals surface area contributed by atoms with Crippen molar-refractivity contribution in [3.8, 4) is 0 Å². The second-order valence-corrected chi connectivity index (χ2v) is 10.3. The monoisotopic (exact) mass is 477 g/mol. The first-order valence-corrected chi connectivity index (χ1v) is 12.0. The summed E-state index contributed by atoms with van der Waals surface area (Å²) in [7, 11) is 0. The van der Waals surface area contributed by atoms with Gasteiger partial charge in [-0.3, -0.25) is 9.69 Å². The Morgan fingerprint density at radius 1 is 1.14 bits per heavy atom. The number of carbonyl (C=O) groups is 2. The number of nitrogens with one attached hydrogen (secondary N) is 2. The summed E-state index contributed by atoms with van der Waals surface area (Å²) in [4.78, 5) is 31.8. The molecule has 1 aromatic carbocycles. The zero-order valence-corrected chi connectivity index (χ0v) is 21.7. The predicted octanol–water partition coefficient (Wildman–Crippen LogP) is 5.13. The lowest BCUT2D eigenvalue weighted by Crippen LogP contribution is -2.57. The molecular formula is C27H35N5O3. The molecule has 0 aliphatic carbocycles. The Bertz CT molecular complexity index is 1270. The van der Waals surface area contributed by atoms with Gasteiger partial charge in [0.25, 0.3) is 0 Å². The van der Waals surface area contributed by atoms with E-state index in [9.17, 15) is 9.59 Å². The first-order valence-electron chi connectivity index (χ1n) is 12.0. The van der Waals surface area contributed by atoms with E-state index in [1.165, 1.54) is 21.6 Å². The van der Waals surface area contributed by atoms with Crippen LogP contribution in [0.3, 0.4) is 0 Å². The van der Waals surface area contributed by atoms with Gasteiger partial charge in [0.1, 0.15) is 11.6 Å². The Labute approximate surface area is 206 Å². The second-order valence-electron chi connectivity index (χ2n) is 10.3. The van der Waals surface area contributed by atoms with Crippen molar-refractivity contribution in [3.05, 3.63) is 58.5 Å². The van der Waals surface area contributed by atoms with Crippen molar-refractivity contribution in [2.24, 2.45) is 0 Å². The molecule has 186 valence electrons. The molecule has 1 aliphatic heterocycles. The van der Waals surface area contributed by atoms with Crippen LogP contribution in [-0.4, -0.2) is 44.5 Å². The van der Waals surface area contributed by atoms with Crippen LogP contribution in [0, 0.1) is 27.7 Å². The van der Waals surface area contributed by atoms with Gasteiger partial charge in [0.2, 0.25) is 5.91 Å². The summed E-state index contributed by atoms with van der Waals surface area (Å²) in [5.74, 6) is -0.225. The number of hydrogen-bond donors (Lipinski definition) is 2. The molecule has 4 rings (SSSR count). The fraction of sp³-hybridized carbons (Fsp3) is 0.444. The Hall–Kier alpha value is -3.55. The second kappa shape index (κ2) is 9.24. The van der Waals surface area contributed by atoms with Gasteiger partial charge >= 0.3 is 6.09 Å². The number of likely N-dealkylation sites (tertiary alicyclic amines) is 1. The summed E-state index contributed by atoms with van der Waals surface area (Å²) in [6.07, 6.45) is 2.02. The predicted molar refractivity (Wildman–Crippen MR) is 138 cm³/mol. The van der Waals surface area contributed by atoms with Crippen molar-refractivity contribution >= 4 is 29.0 Å². The van der Waals surface area contributed by atoms with E-state index in [0.717, 1.165) is 22.7 Å². The average molecular weight is 478 g/mol. The van der Waals surface area contributed by atoms with E-state index in [2.05, 4.69) is 42.7 Å². The number of imidazole rings is 1. The SMILES string of the molecule is Cc1cccc(C)c1CNc1cc(NC(=O)[C@H]2CCN2C(=O)OC(C)(C)C)cn2c(C)c(C)nc12. The lowest BCUT2D eigenvalue weighted by atomic mass is 10.0. The van der Waals surface area contributed by atoms with Gasteiger partial charge in [0.15, 0.2) is 5.65 Å². The van der Waals surface area contributed by atoms with E-state index in [1.807, 2.05) is 51.3 Å². The molecule has 2 aromatic heterocycles. The highest BCUT2D eigenvalue weighted by atomic mass is 16.6. The lowest BCUT2D eigenvalue weighted by Gasteiger charge is -2.40. The average Bonchev–Trinajstić information content (AvgIpc) is 2.99. The van der Waals surface area contributed by atoms with Gasteiger partial charge in [0, 0.05) is 25.0 Å². The van der Waals surface area contributed by atoms with Gasteiger partial charge in [-0.1, -0.05) is 18.2 Å². The van der Waals surface area contributed by atoms with Gasteiger partial charge in [0.05, 0.1) is 17.1 Å². The highest BCUT2D eigenvalue weighted by Crippen LogP contribution is 2.28. The number of fused-ring (bicyclic) bond motifs is 1. The van der Waals surface area contributed by atoms with Gasteiger partial charge < -0.3 is 19.8 Å². The number of nitrogens with zero attached hydrogens (tertiary/aromatic N) is 3. The van der Waals surface area contributed by atoms with Gasteiger partial charge in [-0.05, 0) is 77.6 Å². The van der Waals surface area contributed by atoms with Crippen molar-refractivity contribution < 1.29 is 14.3 Å². The van der Waals surface area contributed by atoms with Gasteiger partial charge in [-0.2, -0.15) is 0 Å². The standard InChI is InChI=1S/C27H35N5O3/c1-16-9-8-10-17(2)21(16)14-28-22-13-20(15-32-19(4)18(3)29-24(22)32)30-25(33)23-11-12-31(23)26(34)35-27(5,6)7/h8-10,13,15,23,28H,11-12,14H2,1-7H3,(H,30,33)/t23-/m1/s1. The first-order chi connectivity index (χ1) is 16.4. The number of aryl methyl sites for hydroxylation is 4. The molecule has 0 radical (unpaired) electrons. The zero-order chi connectivity index (χ0) is 25.5. The van der Waals surface area contributed by atoms with Crippen LogP contribution < -0.4 is 10.6 Å². The third-order valence-electron chi connectivity index (χ3n) is 6.51. The highest BCUT2D eigenvalue weighted by molar-refractivity contribution is 5.98. The minimum absolute atomic E-state index is 0.225. The quantitative estimate of drug-likeness (QED) is 0.532. The summed E-state index contributed by atoms with van der Waals surface area (Å²) in [5.41, 5.74) is 7.30. The minimum Gasteiger partial charge on any atom is -0.444 e. The van der Waals surface area contributed by atoms with E-state index >= 15 is 0 Å². The van der Waals surface area contributed by atoms with Crippen LogP contribution in [-0.2, 0) is 16.1 Å². The number of pyridine rings is 1. The topological polar surface area (TPSA) is 88.0 Å². The summed E-state index contributed by atoms with van der Waals surface area (Å²) in [6, 6.07) is 7.63. The molecular weight excluding hydrogens is 442 g/mol. The Kier molecular flexibility index (Phi) is 6.49. The maximum Gasteiger partial charge on any atom is 0.410 e. The largest absolute Gasteiger partial charge is 0.444 e.